The van der Waals surface area contributed by atoms with Crippen molar-refractivity contribution in [1.82, 2.24) is 5.32 Å². The van der Waals surface area contributed by atoms with Crippen molar-refractivity contribution in [1.29, 1.82) is 0 Å². The van der Waals surface area contributed by atoms with Crippen LogP contribution in [-0.2, 0) is 6.61 Å². The van der Waals surface area contributed by atoms with Crippen LogP contribution in [0.1, 0.15) is 42.6 Å². The minimum Gasteiger partial charge on any atom is -0.496 e. The summed E-state index contributed by atoms with van der Waals surface area (Å²) in [6.07, 6.45) is 1.99. The number of carbonyl (C=O) groups is 1. The normalized spacial score (nSPS) is 11.8. The molecule has 0 saturated carbocycles. The Morgan fingerprint density at radius 3 is 2.57 bits per heavy atom. The predicted molar refractivity (Wildman–Crippen MR) is 113 cm³/mol. The van der Waals surface area contributed by atoms with Crippen LogP contribution in [0.15, 0.2) is 60.7 Å². The van der Waals surface area contributed by atoms with E-state index in [1.54, 1.807) is 13.2 Å². The zero-order valence-electron chi connectivity index (χ0n) is 16.7. The molecule has 4 nitrogen and oxygen atoms in total. The van der Waals surface area contributed by atoms with Crippen molar-refractivity contribution in [2.24, 2.45) is 0 Å². The highest BCUT2D eigenvalue weighted by molar-refractivity contribution is 5.94. The number of methoxy groups -OCH3 is 1. The van der Waals surface area contributed by atoms with Crippen LogP contribution in [-0.4, -0.2) is 19.1 Å². The second-order valence-corrected chi connectivity index (χ2v) is 6.99. The van der Waals surface area contributed by atoms with Crippen molar-refractivity contribution in [3.05, 3.63) is 71.8 Å². The summed E-state index contributed by atoms with van der Waals surface area (Å²) in [5.74, 6) is 1.42. The molecular weight excluding hydrogens is 350 g/mol. The Balaban J connectivity index is 1.75. The summed E-state index contributed by atoms with van der Waals surface area (Å²) in [5.41, 5.74) is 1.45. The molecule has 0 fully saturated rings. The van der Waals surface area contributed by atoms with Crippen molar-refractivity contribution in [3.8, 4) is 11.5 Å². The molecule has 1 unspecified atom stereocenters. The van der Waals surface area contributed by atoms with Crippen LogP contribution in [0.4, 0.5) is 0 Å². The van der Waals surface area contributed by atoms with Crippen LogP contribution < -0.4 is 14.8 Å². The van der Waals surface area contributed by atoms with Crippen molar-refractivity contribution in [2.75, 3.05) is 7.11 Å². The first-order chi connectivity index (χ1) is 13.6. The SMILES string of the molecule is CCCC(C)NC(=O)c1ccc(OC)c(COc2ccc3ccccc3c2)c1. The van der Waals surface area contributed by atoms with Crippen LogP contribution in [0.3, 0.4) is 0 Å². The second-order valence-electron chi connectivity index (χ2n) is 6.99. The second kappa shape index (κ2) is 9.27. The quantitative estimate of drug-likeness (QED) is 0.576. The third-order valence-electron chi connectivity index (χ3n) is 4.76. The Bertz CT molecular complexity index is 951. The van der Waals surface area contributed by atoms with Gasteiger partial charge in [0.2, 0.25) is 0 Å². The van der Waals surface area contributed by atoms with Gasteiger partial charge in [-0.05, 0) is 54.4 Å². The third kappa shape index (κ3) is 4.83. The van der Waals surface area contributed by atoms with Crippen molar-refractivity contribution in [2.45, 2.75) is 39.3 Å². The lowest BCUT2D eigenvalue weighted by Crippen LogP contribution is -2.32. The molecule has 3 aromatic carbocycles. The van der Waals surface area contributed by atoms with E-state index in [4.69, 9.17) is 9.47 Å². The molecule has 1 atom stereocenters. The Kier molecular flexibility index (Phi) is 6.53. The number of amides is 1. The lowest BCUT2D eigenvalue weighted by atomic mass is 10.1. The number of hydrogen-bond donors (Lipinski definition) is 1. The van der Waals surface area contributed by atoms with Gasteiger partial charge in [-0.2, -0.15) is 0 Å². The summed E-state index contributed by atoms with van der Waals surface area (Å²) in [5, 5.41) is 5.34. The maximum atomic E-state index is 12.5. The highest BCUT2D eigenvalue weighted by Crippen LogP contribution is 2.25. The lowest BCUT2D eigenvalue weighted by Gasteiger charge is -2.15. The van der Waals surface area contributed by atoms with E-state index in [1.165, 1.54) is 5.39 Å². The largest absolute Gasteiger partial charge is 0.496 e. The molecular formula is C24H27NO3. The molecule has 0 aliphatic carbocycles. The highest BCUT2D eigenvalue weighted by Gasteiger charge is 2.13. The molecule has 3 aromatic rings. The fraction of sp³-hybridized carbons (Fsp3) is 0.292. The Hall–Kier alpha value is -3.01. The monoisotopic (exact) mass is 377 g/mol. The van der Waals surface area contributed by atoms with E-state index >= 15 is 0 Å². The summed E-state index contributed by atoms with van der Waals surface area (Å²) in [6, 6.07) is 19.8. The maximum absolute atomic E-state index is 12.5. The maximum Gasteiger partial charge on any atom is 0.251 e. The fourth-order valence-corrected chi connectivity index (χ4v) is 3.26. The molecule has 146 valence electrons. The van der Waals surface area contributed by atoms with E-state index in [1.807, 2.05) is 49.4 Å². The summed E-state index contributed by atoms with van der Waals surface area (Å²) in [6.45, 7) is 4.46. The van der Waals surface area contributed by atoms with E-state index in [-0.39, 0.29) is 11.9 Å². The molecule has 0 heterocycles. The number of benzene rings is 3. The first-order valence-corrected chi connectivity index (χ1v) is 9.70. The van der Waals surface area contributed by atoms with Gasteiger partial charge in [-0.3, -0.25) is 4.79 Å². The van der Waals surface area contributed by atoms with Gasteiger partial charge < -0.3 is 14.8 Å². The fourth-order valence-electron chi connectivity index (χ4n) is 3.26. The number of ether oxygens (including phenoxy) is 2. The molecule has 0 saturated heterocycles. The molecule has 0 bridgehead atoms. The Labute approximate surface area is 166 Å². The topological polar surface area (TPSA) is 47.6 Å². The van der Waals surface area contributed by atoms with Gasteiger partial charge in [0, 0.05) is 17.2 Å². The number of carbonyl (C=O) groups excluding carboxylic acids is 1. The lowest BCUT2D eigenvalue weighted by molar-refractivity contribution is 0.0938. The summed E-state index contributed by atoms with van der Waals surface area (Å²) in [4.78, 5) is 12.5. The standard InChI is InChI=1S/C24H27NO3/c1-4-7-17(2)25-24(26)20-11-13-23(27-3)21(14-20)16-28-22-12-10-18-8-5-6-9-19(18)15-22/h5-6,8-15,17H,4,7,16H2,1-3H3,(H,25,26). The minimum absolute atomic E-state index is 0.0736. The predicted octanol–water partition coefficient (Wildman–Crippen LogP) is 5.35. The van der Waals surface area contributed by atoms with Crippen LogP contribution in [0, 0.1) is 0 Å². The smallest absolute Gasteiger partial charge is 0.251 e. The Morgan fingerprint density at radius 1 is 1.04 bits per heavy atom. The van der Waals surface area contributed by atoms with Gasteiger partial charge in [0.15, 0.2) is 0 Å². The van der Waals surface area contributed by atoms with Crippen molar-refractivity contribution >= 4 is 16.7 Å². The van der Waals surface area contributed by atoms with E-state index in [2.05, 4.69) is 24.4 Å². The molecule has 0 aliphatic heterocycles. The summed E-state index contributed by atoms with van der Waals surface area (Å²) >= 11 is 0. The van der Waals surface area contributed by atoms with E-state index < -0.39 is 0 Å². The molecule has 0 aromatic heterocycles. The average Bonchev–Trinajstić information content (AvgIpc) is 2.72. The van der Waals surface area contributed by atoms with Gasteiger partial charge in [0.05, 0.1) is 7.11 Å². The van der Waals surface area contributed by atoms with E-state index in [0.29, 0.717) is 17.9 Å². The van der Waals surface area contributed by atoms with E-state index in [0.717, 1.165) is 29.5 Å². The van der Waals surface area contributed by atoms with Gasteiger partial charge in [-0.15, -0.1) is 0 Å². The zero-order valence-corrected chi connectivity index (χ0v) is 16.7. The molecule has 3 rings (SSSR count). The first kappa shape index (κ1) is 19.7. The van der Waals surface area contributed by atoms with E-state index in [9.17, 15) is 4.79 Å². The highest BCUT2D eigenvalue weighted by atomic mass is 16.5. The number of hydrogen-bond acceptors (Lipinski definition) is 3. The summed E-state index contributed by atoms with van der Waals surface area (Å²) < 4.78 is 11.4. The van der Waals surface area contributed by atoms with Crippen LogP contribution in [0.2, 0.25) is 0 Å². The molecule has 1 N–H and O–H groups in total. The first-order valence-electron chi connectivity index (χ1n) is 9.70. The summed E-state index contributed by atoms with van der Waals surface area (Å²) in [7, 11) is 1.62. The Morgan fingerprint density at radius 2 is 1.82 bits per heavy atom. The molecule has 4 heteroatoms. The third-order valence-corrected chi connectivity index (χ3v) is 4.76. The van der Waals surface area contributed by atoms with Crippen molar-refractivity contribution < 1.29 is 14.3 Å². The molecule has 0 spiro atoms. The van der Waals surface area contributed by atoms with Gasteiger partial charge in [-0.25, -0.2) is 0 Å². The van der Waals surface area contributed by atoms with Crippen LogP contribution in [0.25, 0.3) is 10.8 Å². The number of rotatable bonds is 8. The van der Waals surface area contributed by atoms with Gasteiger partial charge in [0.25, 0.3) is 5.91 Å². The van der Waals surface area contributed by atoms with Gasteiger partial charge in [-0.1, -0.05) is 43.7 Å². The molecule has 0 aliphatic rings. The molecule has 1 amide bonds. The average molecular weight is 377 g/mol. The van der Waals surface area contributed by atoms with Gasteiger partial charge >= 0.3 is 0 Å². The molecule has 0 radical (unpaired) electrons. The number of fused-ring (bicyclic) bond motifs is 1. The minimum atomic E-state index is -0.0736. The molecule has 28 heavy (non-hydrogen) atoms. The van der Waals surface area contributed by atoms with Crippen LogP contribution in [0.5, 0.6) is 11.5 Å². The zero-order chi connectivity index (χ0) is 19.9. The van der Waals surface area contributed by atoms with Crippen LogP contribution >= 0.6 is 0 Å². The number of nitrogens with one attached hydrogen (secondary N) is 1. The van der Waals surface area contributed by atoms with Gasteiger partial charge in [0.1, 0.15) is 18.1 Å². The van der Waals surface area contributed by atoms with Crippen molar-refractivity contribution in [3.63, 3.8) is 0 Å².